The van der Waals surface area contributed by atoms with Crippen LogP contribution in [0.4, 0.5) is 0 Å². The van der Waals surface area contributed by atoms with Crippen molar-refractivity contribution in [3.05, 3.63) is 36.5 Å². The summed E-state index contributed by atoms with van der Waals surface area (Å²) >= 11 is 0. The summed E-state index contributed by atoms with van der Waals surface area (Å²) in [5.41, 5.74) is 0. The minimum Gasteiger partial charge on any atom is -0.462 e. The molecule has 0 rings (SSSR count). The van der Waals surface area contributed by atoms with E-state index in [1.165, 1.54) is 77.0 Å². The molecule has 0 saturated heterocycles. The van der Waals surface area contributed by atoms with Gasteiger partial charge in [-0.3, -0.25) is 14.4 Å². The van der Waals surface area contributed by atoms with Crippen LogP contribution in [0.2, 0.25) is 0 Å². The zero-order chi connectivity index (χ0) is 35.9. The molecule has 0 amide bonds. The number of carbonyl (C=O) groups is 3. The highest BCUT2D eigenvalue weighted by Crippen LogP contribution is 2.13. The monoisotopic (exact) mass is 689 g/mol. The average Bonchev–Trinajstić information content (AvgIpc) is 3.10. The van der Waals surface area contributed by atoms with Gasteiger partial charge in [0, 0.05) is 19.3 Å². The van der Waals surface area contributed by atoms with Crippen LogP contribution in [0.1, 0.15) is 201 Å². The van der Waals surface area contributed by atoms with Crippen LogP contribution in [0.3, 0.4) is 0 Å². The molecule has 0 aliphatic carbocycles. The summed E-state index contributed by atoms with van der Waals surface area (Å²) in [7, 11) is 0. The van der Waals surface area contributed by atoms with Crippen molar-refractivity contribution >= 4 is 17.9 Å². The fourth-order valence-electron chi connectivity index (χ4n) is 5.57. The molecule has 0 aromatic carbocycles. The molecule has 0 aromatic rings. The van der Waals surface area contributed by atoms with Crippen LogP contribution >= 0.6 is 0 Å². The van der Waals surface area contributed by atoms with Gasteiger partial charge >= 0.3 is 17.9 Å². The molecule has 0 aliphatic heterocycles. The second-order valence-corrected chi connectivity index (χ2v) is 13.5. The van der Waals surface area contributed by atoms with Gasteiger partial charge in [-0.25, -0.2) is 0 Å². The maximum Gasteiger partial charge on any atom is 0.306 e. The van der Waals surface area contributed by atoms with Gasteiger partial charge < -0.3 is 14.2 Å². The fourth-order valence-corrected chi connectivity index (χ4v) is 5.57. The Bertz CT molecular complexity index is 845. The minimum atomic E-state index is -0.774. The molecule has 6 heteroatoms. The van der Waals surface area contributed by atoms with E-state index in [2.05, 4.69) is 57.2 Å². The molecular formula is C43H76O6. The summed E-state index contributed by atoms with van der Waals surface area (Å²) in [6, 6.07) is 0. The summed E-state index contributed by atoms with van der Waals surface area (Å²) in [6.07, 6.45) is 41.3. The Morgan fingerprint density at radius 2 is 0.796 bits per heavy atom. The number of hydrogen-bond donors (Lipinski definition) is 0. The number of allylic oxidation sites excluding steroid dienone is 6. The SMILES string of the molecule is CC/C=C\C/C=C\C/C=C\CCCCCC(=O)OCC(COC(=O)CCCCCCCCCC)OC(=O)CCCCCCCCCCCC. The predicted molar refractivity (Wildman–Crippen MR) is 206 cm³/mol. The Morgan fingerprint density at radius 1 is 0.429 bits per heavy atom. The van der Waals surface area contributed by atoms with E-state index in [0.717, 1.165) is 83.5 Å². The molecule has 49 heavy (non-hydrogen) atoms. The van der Waals surface area contributed by atoms with E-state index in [9.17, 15) is 14.4 Å². The molecular weight excluding hydrogens is 612 g/mol. The molecule has 0 bridgehead atoms. The number of hydrogen-bond acceptors (Lipinski definition) is 6. The normalized spacial score (nSPS) is 12.3. The number of ether oxygens (including phenoxy) is 3. The fraction of sp³-hybridized carbons (Fsp3) is 0.791. The lowest BCUT2D eigenvalue weighted by Gasteiger charge is -2.18. The molecule has 1 atom stereocenters. The van der Waals surface area contributed by atoms with Crippen LogP contribution in [0.5, 0.6) is 0 Å². The van der Waals surface area contributed by atoms with Crippen molar-refractivity contribution < 1.29 is 28.6 Å². The number of esters is 3. The van der Waals surface area contributed by atoms with Gasteiger partial charge in [-0.1, -0.05) is 166 Å². The first-order chi connectivity index (χ1) is 24.0. The Labute approximate surface area is 302 Å². The molecule has 0 saturated carbocycles. The lowest BCUT2D eigenvalue weighted by Crippen LogP contribution is -2.30. The van der Waals surface area contributed by atoms with Gasteiger partial charge in [0.2, 0.25) is 0 Å². The largest absolute Gasteiger partial charge is 0.462 e. The van der Waals surface area contributed by atoms with Crippen LogP contribution in [-0.2, 0) is 28.6 Å². The van der Waals surface area contributed by atoms with E-state index in [0.29, 0.717) is 19.3 Å². The Kier molecular flexibility index (Phi) is 36.6. The van der Waals surface area contributed by atoms with Crippen LogP contribution < -0.4 is 0 Å². The first-order valence-corrected chi connectivity index (χ1v) is 20.5. The van der Waals surface area contributed by atoms with E-state index in [1.54, 1.807) is 0 Å². The molecule has 0 heterocycles. The molecule has 1 unspecified atom stereocenters. The van der Waals surface area contributed by atoms with Gasteiger partial charge in [-0.15, -0.1) is 0 Å². The van der Waals surface area contributed by atoms with Crippen molar-refractivity contribution in [3.8, 4) is 0 Å². The van der Waals surface area contributed by atoms with Gasteiger partial charge in [-0.05, 0) is 51.4 Å². The Balaban J connectivity index is 4.39. The summed E-state index contributed by atoms with van der Waals surface area (Å²) in [4.78, 5) is 37.4. The van der Waals surface area contributed by atoms with Crippen LogP contribution in [0, 0.1) is 0 Å². The Hall–Kier alpha value is -2.37. The summed E-state index contributed by atoms with van der Waals surface area (Å²) < 4.78 is 16.6. The first kappa shape index (κ1) is 46.6. The van der Waals surface area contributed by atoms with Gasteiger partial charge in [0.25, 0.3) is 0 Å². The standard InChI is InChI=1S/C43H76O6/c1-4-7-10-13-16-19-21-22-23-25-27-30-33-36-42(45)48-39-40(38-47-41(44)35-32-29-26-18-15-12-9-6-3)49-43(46)37-34-31-28-24-20-17-14-11-8-5-2/h7,10,16,19,22-23,40H,4-6,8-9,11-15,17-18,20-21,24-39H2,1-3H3/b10-7-,19-16-,23-22-. The van der Waals surface area contributed by atoms with Gasteiger partial charge in [0.1, 0.15) is 13.2 Å². The Morgan fingerprint density at radius 3 is 1.24 bits per heavy atom. The molecule has 0 aliphatic rings. The third-order valence-corrected chi connectivity index (χ3v) is 8.66. The molecule has 0 spiro atoms. The maximum absolute atomic E-state index is 12.6. The predicted octanol–water partition coefficient (Wildman–Crippen LogP) is 12.6. The third kappa shape index (κ3) is 36.7. The molecule has 0 aromatic heterocycles. The van der Waals surface area contributed by atoms with Crippen molar-refractivity contribution in [3.63, 3.8) is 0 Å². The third-order valence-electron chi connectivity index (χ3n) is 8.66. The second kappa shape index (κ2) is 38.4. The van der Waals surface area contributed by atoms with Crippen LogP contribution in [0.15, 0.2) is 36.5 Å². The van der Waals surface area contributed by atoms with Gasteiger partial charge in [0.05, 0.1) is 0 Å². The zero-order valence-corrected chi connectivity index (χ0v) is 32.2. The van der Waals surface area contributed by atoms with E-state index < -0.39 is 6.10 Å². The van der Waals surface area contributed by atoms with Gasteiger partial charge in [0.15, 0.2) is 6.10 Å². The van der Waals surface area contributed by atoms with E-state index in [1.807, 2.05) is 0 Å². The zero-order valence-electron chi connectivity index (χ0n) is 32.2. The average molecular weight is 689 g/mol. The van der Waals surface area contributed by atoms with Crippen molar-refractivity contribution in [1.82, 2.24) is 0 Å². The van der Waals surface area contributed by atoms with Crippen molar-refractivity contribution in [2.45, 2.75) is 207 Å². The molecule has 6 nitrogen and oxygen atoms in total. The minimum absolute atomic E-state index is 0.0795. The van der Waals surface area contributed by atoms with Crippen molar-refractivity contribution in [2.24, 2.45) is 0 Å². The van der Waals surface area contributed by atoms with E-state index in [4.69, 9.17) is 14.2 Å². The van der Waals surface area contributed by atoms with E-state index in [-0.39, 0.29) is 31.1 Å². The van der Waals surface area contributed by atoms with Crippen LogP contribution in [-0.4, -0.2) is 37.2 Å². The first-order valence-electron chi connectivity index (χ1n) is 20.5. The van der Waals surface area contributed by atoms with E-state index >= 15 is 0 Å². The number of rotatable bonds is 36. The lowest BCUT2D eigenvalue weighted by molar-refractivity contribution is -0.167. The van der Waals surface area contributed by atoms with Crippen LogP contribution in [0.25, 0.3) is 0 Å². The smallest absolute Gasteiger partial charge is 0.306 e. The second-order valence-electron chi connectivity index (χ2n) is 13.5. The maximum atomic E-state index is 12.6. The molecule has 0 radical (unpaired) electrons. The molecule has 284 valence electrons. The molecule has 0 fully saturated rings. The highest BCUT2D eigenvalue weighted by Gasteiger charge is 2.19. The quantitative estimate of drug-likeness (QED) is 0.0282. The molecule has 0 N–H and O–H groups in total. The number of carbonyl (C=O) groups excluding carboxylic acids is 3. The number of unbranched alkanes of at least 4 members (excludes halogenated alkanes) is 19. The summed E-state index contributed by atoms with van der Waals surface area (Å²) in [6.45, 7) is 6.43. The topological polar surface area (TPSA) is 78.9 Å². The summed E-state index contributed by atoms with van der Waals surface area (Å²) in [5, 5.41) is 0. The summed E-state index contributed by atoms with van der Waals surface area (Å²) in [5.74, 6) is -0.919. The highest BCUT2D eigenvalue weighted by molar-refractivity contribution is 5.71. The van der Waals surface area contributed by atoms with Crippen molar-refractivity contribution in [2.75, 3.05) is 13.2 Å². The lowest BCUT2D eigenvalue weighted by atomic mass is 10.1. The highest BCUT2D eigenvalue weighted by atomic mass is 16.6. The van der Waals surface area contributed by atoms with Crippen molar-refractivity contribution in [1.29, 1.82) is 0 Å². The van der Waals surface area contributed by atoms with Gasteiger partial charge in [-0.2, -0.15) is 0 Å².